The molecule has 0 bridgehead atoms. The smallest absolute Gasteiger partial charge is 0.0704 e. The van der Waals surface area contributed by atoms with Crippen LogP contribution in [0.25, 0.3) is 0 Å². The fourth-order valence-electron chi connectivity index (χ4n) is 2.61. The predicted octanol–water partition coefficient (Wildman–Crippen LogP) is 6.07. The maximum Gasteiger partial charge on any atom is 0.0704 e. The maximum absolute atomic E-state index is 6.49. The van der Waals surface area contributed by atoms with Crippen LogP contribution >= 0.6 is 38.9 Å². The molecule has 0 amide bonds. The highest BCUT2D eigenvalue weighted by Gasteiger charge is 2.19. The largest absolute Gasteiger partial charge is 0.133 e. The summed E-state index contributed by atoms with van der Waals surface area (Å²) < 4.78 is 1.20. The molecular formula is C13H18BrClS. The minimum atomic E-state index is 0.211. The third-order valence-electron chi connectivity index (χ3n) is 3.57. The van der Waals surface area contributed by atoms with Crippen LogP contribution in [0.2, 0.25) is 0 Å². The summed E-state index contributed by atoms with van der Waals surface area (Å²) in [5, 5.41) is 0.211. The van der Waals surface area contributed by atoms with Crippen LogP contribution in [-0.4, -0.2) is 0 Å². The molecular weight excluding hydrogens is 304 g/mol. The molecule has 1 aliphatic carbocycles. The SMILES string of the molecule is Cc1sc(Br)cc1C(Cl)CCC1CCCC1. The topological polar surface area (TPSA) is 0 Å². The van der Waals surface area contributed by atoms with E-state index in [1.54, 1.807) is 11.3 Å². The van der Waals surface area contributed by atoms with Gasteiger partial charge in [0.2, 0.25) is 0 Å². The Morgan fingerprint density at radius 1 is 1.50 bits per heavy atom. The monoisotopic (exact) mass is 320 g/mol. The zero-order valence-corrected chi connectivity index (χ0v) is 12.8. The Labute approximate surface area is 116 Å². The average Bonchev–Trinajstić information content (AvgIpc) is 2.84. The minimum Gasteiger partial charge on any atom is -0.133 e. The van der Waals surface area contributed by atoms with Crippen LogP contribution < -0.4 is 0 Å². The van der Waals surface area contributed by atoms with Gasteiger partial charge in [0.25, 0.3) is 0 Å². The van der Waals surface area contributed by atoms with Gasteiger partial charge in [-0.1, -0.05) is 25.7 Å². The van der Waals surface area contributed by atoms with Crippen molar-refractivity contribution in [3.05, 3.63) is 20.3 Å². The van der Waals surface area contributed by atoms with Crippen LogP contribution in [0.4, 0.5) is 0 Å². The van der Waals surface area contributed by atoms with Gasteiger partial charge in [-0.3, -0.25) is 0 Å². The summed E-state index contributed by atoms with van der Waals surface area (Å²) >= 11 is 11.8. The molecule has 0 saturated heterocycles. The van der Waals surface area contributed by atoms with Crippen LogP contribution in [-0.2, 0) is 0 Å². The fraction of sp³-hybridized carbons (Fsp3) is 0.692. The number of hydrogen-bond donors (Lipinski definition) is 0. The van der Waals surface area contributed by atoms with Crippen LogP contribution in [0, 0.1) is 12.8 Å². The van der Waals surface area contributed by atoms with Crippen LogP contribution in [0.3, 0.4) is 0 Å². The molecule has 0 radical (unpaired) electrons. The third-order valence-corrected chi connectivity index (χ3v) is 5.59. The molecule has 1 unspecified atom stereocenters. The molecule has 0 spiro atoms. The van der Waals surface area contributed by atoms with Gasteiger partial charge >= 0.3 is 0 Å². The summed E-state index contributed by atoms with van der Waals surface area (Å²) in [5.41, 5.74) is 1.33. The summed E-state index contributed by atoms with van der Waals surface area (Å²) in [6.45, 7) is 2.16. The van der Waals surface area contributed by atoms with Crippen molar-refractivity contribution >= 4 is 38.9 Å². The number of aryl methyl sites for hydroxylation is 1. The molecule has 1 aromatic rings. The molecule has 1 heterocycles. The number of hydrogen-bond acceptors (Lipinski definition) is 1. The second-order valence-corrected chi connectivity index (χ2v) is 7.92. The van der Waals surface area contributed by atoms with E-state index in [1.807, 2.05) is 0 Å². The van der Waals surface area contributed by atoms with Gasteiger partial charge in [-0.2, -0.15) is 0 Å². The summed E-state index contributed by atoms with van der Waals surface area (Å²) in [7, 11) is 0. The zero-order chi connectivity index (χ0) is 11.5. The Morgan fingerprint density at radius 3 is 2.75 bits per heavy atom. The summed E-state index contributed by atoms with van der Waals surface area (Å²) in [6, 6.07) is 2.19. The quantitative estimate of drug-likeness (QED) is 0.590. The molecule has 1 aromatic heterocycles. The molecule has 0 nitrogen and oxygen atoms in total. The molecule has 0 aliphatic heterocycles. The van der Waals surface area contributed by atoms with Crippen LogP contribution in [0.5, 0.6) is 0 Å². The molecule has 0 N–H and O–H groups in total. The van der Waals surface area contributed by atoms with E-state index >= 15 is 0 Å². The summed E-state index contributed by atoms with van der Waals surface area (Å²) in [4.78, 5) is 1.36. The van der Waals surface area contributed by atoms with E-state index in [2.05, 4.69) is 28.9 Å². The Kier molecular flexibility index (Phi) is 4.75. The van der Waals surface area contributed by atoms with Crippen molar-refractivity contribution < 1.29 is 0 Å². The van der Waals surface area contributed by atoms with Gasteiger partial charge in [-0.25, -0.2) is 0 Å². The van der Waals surface area contributed by atoms with Gasteiger partial charge in [0.15, 0.2) is 0 Å². The van der Waals surface area contributed by atoms with Gasteiger partial charge in [0.1, 0.15) is 0 Å². The Balaban J connectivity index is 1.87. The van der Waals surface area contributed by atoms with Crippen molar-refractivity contribution in [2.75, 3.05) is 0 Å². The van der Waals surface area contributed by atoms with E-state index in [4.69, 9.17) is 11.6 Å². The van der Waals surface area contributed by atoms with E-state index in [-0.39, 0.29) is 5.38 Å². The molecule has 3 heteroatoms. The molecule has 1 aliphatic rings. The van der Waals surface area contributed by atoms with Crippen molar-refractivity contribution in [2.45, 2.75) is 50.8 Å². The van der Waals surface area contributed by atoms with Crippen molar-refractivity contribution in [3.63, 3.8) is 0 Å². The highest BCUT2D eigenvalue weighted by Crippen LogP contribution is 2.38. The fourth-order valence-corrected chi connectivity index (χ4v) is 4.80. The highest BCUT2D eigenvalue weighted by molar-refractivity contribution is 9.11. The lowest BCUT2D eigenvalue weighted by Gasteiger charge is -2.12. The van der Waals surface area contributed by atoms with Gasteiger partial charge in [0, 0.05) is 4.88 Å². The zero-order valence-electron chi connectivity index (χ0n) is 9.64. The van der Waals surface area contributed by atoms with Crippen LogP contribution in [0.1, 0.15) is 54.3 Å². The molecule has 1 fully saturated rings. The Morgan fingerprint density at radius 2 is 2.19 bits per heavy atom. The lowest BCUT2D eigenvalue weighted by molar-refractivity contribution is 0.480. The van der Waals surface area contributed by atoms with E-state index in [0.29, 0.717) is 0 Å². The standard InChI is InChI=1S/C13H18BrClS/c1-9-11(8-13(14)16-9)12(15)7-6-10-4-2-3-5-10/h8,10,12H,2-7H2,1H3. The van der Waals surface area contributed by atoms with E-state index in [9.17, 15) is 0 Å². The first-order valence-electron chi connectivity index (χ1n) is 6.06. The van der Waals surface area contributed by atoms with Gasteiger partial charge in [0.05, 0.1) is 9.16 Å². The van der Waals surface area contributed by atoms with Crippen molar-refractivity contribution in [2.24, 2.45) is 5.92 Å². The van der Waals surface area contributed by atoms with Crippen molar-refractivity contribution in [1.29, 1.82) is 0 Å². The second-order valence-electron chi connectivity index (χ2n) is 4.76. The van der Waals surface area contributed by atoms with Gasteiger partial charge in [-0.15, -0.1) is 22.9 Å². The lowest BCUT2D eigenvalue weighted by Crippen LogP contribution is -1.97. The molecule has 0 aromatic carbocycles. The number of thiophene rings is 1. The third kappa shape index (κ3) is 3.24. The summed E-state index contributed by atoms with van der Waals surface area (Å²) in [5.74, 6) is 0.948. The Hall–Kier alpha value is 0.470. The maximum atomic E-state index is 6.49. The van der Waals surface area contributed by atoms with E-state index < -0.39 is 0 Å². The molecule has 16 heavy (non-hydrogen) atoms. The first-order valence-corrected chi connectivity index (χ1v) is 8.11. The number of rotatable bonds is 4. The number of halogens is 2. The first-order chi connectivity index (χ1) is 7.66. The molecule has 90 valence electrons. The Bertz CT molecular complexity index is 342. The van der Waals surface area contributed by atoms with E-state index in [0.717, 1.165) is 12.3 Å². The average molecular weight is 322 g/mol. The van der Waals surface area contributed by atoms with Crippen molar-refractivity contribution in [3.8, 4) is 0 Å². The number of alkyl halides is 1. The lowest BCUT2D eigenvalue weighted by atomic mass is 9.98. The summed E-state index contributed by atoms with van der Waals surface area (Å²) in [6.07, 6.45) is 8.16. The highest BCUT2D eigenvalue weighted by atomic mass is 79.9. The van der Waals surface area contributed by atoms with Gasteiger partial charge in [-0.05, 0) is 53.2 Å². The van der Waals surface area contributed by atoms with Crippen molar-refractivity contribution in [1.82, 2.24) is 0 Å². The normalized spacial score (nSPS) is 19.2. The molecule has 1 saturated carbocycles. The molecule has 1 atom stereocenters. The second kappa shape index (κ2) is 5.88. The predicted molar refractivity (Wildman–Crippen MR) is 76.5 cm³/mol. The van der Waals surface area contributed by atoms with Gasteiger partial charge < -0.3 is 0 Å². The molecule has 2 rings (SSSR count). The van der Waals surface area contributed by atoms with Crippen LogP contribution in [0.15, 0.2) is 9.85 Å². The van der Waals surface area contributed by atoms with E-state index in [1.165, 1.54) is 46.3 Å². The first kappa shape index (κ1) is 12.9. The minimum absolute atomic E-state index is 0.211.